The number of amides is 2. The molecule has 0 saturated heterocycles. The summed E-state index contributed by atoms with van der Waals surface area (Å²) in [6.07, 6.45) is 2.61. The van der Waals surface area contributed by atoms with E-state index in [1.54, 1.807) is 35.2 Å². The third kappa shape index (κ3) is 3.37. The molecule has 4 aromatic rings. The van der Waals surface area contributed by atoms with Crippen molar-refractivity contribution in [3.63, 3.8) is 0 Å². The first kappa shape index (κ1) is 21.8. The van der Waals surface area contributed by atoms with Gasteiger partial charge in [-0.2, -0.15) is 5.10 Å². The molecule has 180 valence electrons. The van der Waals surface area contributed by atoms with E-state index < -0.39 is 17.3 Å². The molecule has 2 aromatic carbocycles. The molecule has 6 rings (SSSR count). The summed E-state index contributed by atoms with van der Waals surface area (Å²) in [6, 6.07) is 14.7. The molecule has 9 nitrogen and oxygen atoms in total. The van der Waals surface area contributed by atoms with Crippen LogP contribution in [0.15, 0.2) is 65.6 Å². The van der Waals surface area contributed by atoms with E-state index >= 15 is 0 Å². The van der Waals surface area contributed by atoms with Crippen LogP contribution in [0.2, 0.25) is 0 Å². The average Bonchev–Trinajstić information content (AvgIpc) is 3.51. The summed E-state index contributed by atoms with van der Waals surface area (Å²) >= 11 is 0. The van der Waals surface area contributed by atoms with Gasteiger partial charge in [-0.05, 0) is 66.6 Å². The van der Waals surface area contributed by atoms with Crippen molar-refractivity contribution in [2.75, 3.05) is 18.1 Å². The summed E-state index contributed by atoms with van der Waals surface area (Å²) in [5.74, 6) is -1.08. The van der Waals surface area contributed by atoms with Crippen LogP contribution in [0.1, 0.15) is 32.1 Å². The van der Waals surface area contributed by atoms with Gasteiger partial charge in [0.2, 0.25) is 0 Å². The lowest BCUT2D eigenvalue weighted by Crippen LogP contribution is -2.39. The zero-order valence-corrected chi connectivity index (χ0v) is 19.0. The lowest BCUT2D eigenvalue weighted by atomic mass is 10.0. The molecule has 4 heterocycles. The predicted molar refractivity (Wildman–Crippen MR) is 129 cm³/mol. The molecular formula is C26H20FN5O4. The topological polar surface area (TPSA) is 112 Å². The van der Waals surface area contributed by atoms with E-state index in [9.17, 15) is 18.8 Å². The molecule has 10 heteroatoms. The van der Waals surface area contributed by atoms with Crippen LogP contribution in [-0.4, -0.2) is 39.3 Å². The molecule has 36 heavy (non-hydrogen) atoms. The van der Waals surface area contributed by atoms with Gasteiger partial charge in [-0.3, -0.25) is 19.0 Å². The summed E-state index contributed by atoms with van der Waals surface area (Å²) < 4.78 is 21.9. The Morgan fingerprint density at radius 3 is 2.53 bits per heavy atom. The van der Waals surface area contributed by atoms with Gasteiger partial charge in [0.1, 0.15) is 11.4 Å². The zero-order chi connectivity index (χ0) is 25.0. The maximum absolute atomic E-state index is 13.7. The van der Waals surface area contributed by atoms with Crippen LogP contribution in [0.4, 0.5) is 10.1 Å². The Kier molecular flexibility index (Phi) is 4.96. The van der Waals surface area contributed by atoms with Gasteiger partial charge in [0.05, 0.1) is 12.3 Å². The van der Waals surface area contributed by atoms with Gasteiger partial charge in [-0.25, -0.2) is 9.07 Å². The summed E-state index contributed by atoms with van der Waals surface area (Å²) in [5, 5.41) is 4.42. The summed E-state index contributed by atoms with van der Waals surface area (Å²) in [7, 11) is 0. The Labute approximate surface area is 204 Å². The van der Waals surface area contributed by atoms with Crippen LogP contribution >= 0.6 is 0 Å². The minimum atomic E-state index is -0.850. The number of rotatable bonds is 4. The second-order valence-electron chi connectivity index (χ2n) is 8.60. The summed E-state index contributed by atoms with van der Waals surface area (Å²) in [4.78, 5) is 39.5. The lowest BCUT2D eigenvalue weighted by Gasteiger charge is -2.28. The van der Waals surface area contributed by atoms with Crippen LogP contribution in [-0.2, 0) is 12.8 Å². The number of benzene rings is 2. The van der Waals surface area contributed by atoms with Gasteiger partial charge in [0.15, 0.2) is 11.5 Å². The van der Waals surface area contributed by atoms with Gasteiger partial charge in [0.25, 0.3) is 17.4 Å². The van der Waals surface area contributed by atoms with E-state index in [1.165, 1.54) is 21.5 Å². The number of carbonyl (C=O) groups excluding carboxylic acids is 2. The number of carbonyl (C=O) groups is 2. The molecule has 2 aliphatic rings. The van der Waals surface area contributed by atoms with Crippen molar-refractivity contribution < 1.29 is 18.7 Å². The minimum Gasteiger partial charge on any atom is -0.493 e. The average molecular weight is 485 g/mol. The highest BCUT2D eigenvalue weighted by Gasteiger charge is 2.34. The number of fused-ring (bicyclic) bond motifs is 2. The monoisotopic (exact) mass is 485 g/mol. The Bertz CT molecular complexity index is 1610. The maximum Gasteiger partial charge on any atom is 0.291 e. The highest BCUT2D eigenvalue weighted by atomic mass is 19.1. The molecule has 2 aliphatic heterocycles. The predicted octanol–water partition coefficient (Wildman–Crippen LogP) is 2.40. The largest absolute Gasteiger partial charge is 0.493 e. The molecule has 0 unspecified atom stereocenters. The lowest BCUT2D eigenvalue weighted by molar-refractivity contribution is 0.0972. The highest BCUT2D eigenvalue weighted by molar-refractivity contribution is 6.09. The van der Waals surface area contributed by atoms with Crippen LogP contribution in [0.25, 0.3) is 11.4 Å². The number of hydrogen-bond acceptors (Lipinski definition) is 5. The molecule has 0 saturated carbocycles. The minimum absolute atomic E-state index is 0.0792. The summed E-state index contributed by atoms with van der Waals surface area (Å²) in [6.45, 7) is 0.905. The van der Waals surface area contributed by atoms with E-state index in [-0.39, 0.29) is 17.3 Å². The molecule has 0 bridgehead atoms. The van der Waals surface area contributed by atoms with Gasteiger partial charge in [0, 0.05) is 36.1 Å². The molecule has 0 fully saturated rings. The maximum atomic E-state index is 13.7. The first-order valence-corrected chi connectivity index (χ1v) is 11.4. The van der Waals surface area contributed by atoms with Gasteiger partial charge in [-0.1, -0.05) is 0 Å². The normalized spacial score (nSPS) is 14.4. The molecular weight excluding hydrogens is 465 g/mol. The van der Waals surface area contributed by atoms with Crippen LogP contribution in [0.3, 0.4) is 0 Å². The number of halogens is 1. The second-order valence-corrected chi connectivity index (χ2v) is 8.60. The second kappa shape index (κ2) is 8.19. The van der Waals surface area contributed by atoms with E-state index in [0.29, 0.717) is 42.2 Å². The molecule has 2 aromatic heterocycles. The molecule has 0 spiro atoms. The third-order valence-electron chi connectivity index (χ3n) is 6.51. The molecule has 2 amide bonds. The fourth-order valence-electron chi connectivity index (χ4n) is 4.76. The smallest absolute Gasteiger partial charge is 0.291 e. The van der Waals surface area contributed by atoms with E-state index in [2.05, 4.69) is 5.10 Å². The van der Waals surface area contributed by atoms with Crippen molar-refractivity contribution in [2.45, 2.75) is 12.8 Å². The Morgan fingerprint density at radius 1 is 1.00 bits per heavy atom. The van der Waals surface area contributed by atoms with E-state index in [1.807, 2.05) is 12.1 Å². The molecule has 0 atom stereocenters. The zero-order valence-electron chi connectivity index (χ0n) is 19.0. The van der Waals surface area contributed by atoms with E-state index in [4.69, 9.17) is 10.5 Å². The third-order valence-corrected chi connectivity index (χ3v) is 6.51. The van der Waals surface area contributed by atoms with Crippen molar-refractivity contribution in [2.24, 2.45) is 5.73 Å². The van der Waals surface area contributed by atoms with Crippen LogP contribution < -0.4 is 20.9 Å². The van der Waals surface area contributed by atoms with Crippen LogP contribution in [0, 0.1) is 5.82 Å². The number of nitrogens with two attached hydrogens (primary N) is 1. The van der Waals surface area contributed by atoms with Crippen molar-refractivity contribution in [1.29, 1.82) is 0 Å². The summed E-state index contributed by atoms with van der Waals surface area (Å²) in [5.41, 5.74) is 8.41. The first-order valence-electron chi connectivity index (χ1n) is 11.4. The van der Waals surface area contributed by atoms with Gasteiger partial charge in [-0.15, -0.1) is 0 Å². The number of aromatic nitrogens is 3. The number of ether oxygens (including phenoxy) is 1. The standard InChI is InChI=1S/C26H20FN5O4/c27-20-2-1-11-30(25(20)34)16-3-5-17(6-4-16)31-12-9-19-22(24(28)33)29-32(23(19)26(31)35)18-7-8-21-15(14-18)10-13-36-21/h1-8,11,14H,9-10,12-13H2,(H2,28,33). The number of nitrogens with zero attached hydrogens (tertiary/aromatic N) is 4. The van der Waals surface area contributed by atoms with Crippen LogP contribution in [0.5, 0.6) is 5.75 Å². The number of anilines is 1. The van der Waals surface area contributed by atoms with Crippen molar-refractivity contribution >= 4 is 17.5 Å². The number of hydrogen-bond donors (Lipinski definition) is 1. The number of primary amides is 1. The Balaban J connectivity index is 1.39. The fourth-order valence-corrected chi connectivity index (χ4v) is 4.76. The SMILES string of the molecule is NC(=O)c1nn(-c2ccc3c(c2)CCO3)c2c1CCN(c1ccc(-n3cccc(F)c3=O)cc1)C2=O. The van der Waals surface area contributed by atoms with Crippen molar-refractivity contribution in [1.82, 2.24) is 14.3 Å². The molecule has 0 radical (unpaired) electrons. The highest BCUT2D eigenvalue weighted by Crippen LogP contribution is 2.32. The molecule has 2 N–H and O–H groups in total. The number of pyridine rings is 1. The Hall–Kier alpha value is -4.73. The van der Waals surface area contributed by atoms with Crippen molar-refractivity contribution in [3.05, 3.63) is 99.5 Å². The fraction of sp³-hybridized carbons (Fsp3) is 0.154. The van der Waals surface area contributed by atoms with E-state index in [0.717, 1.165) is 23.8 Å². The molecule has 0 aliphatic carbocycles. The first-order chi connectivity index (χ1) is 17.4. The van der Waals surface area contributed by atoms with Crippen molar-refractivity contribution in [3.8, 4) is 17.1 Å². The van der Waals surface area contributed by atoms with Gasteiger partial charge >= 0.3 is 0 Å². The quantitative estimate of drug-likeness (QED) is 0.477. The Morgan fingerprint density at radius 2 is 1.75 bits per heavy atom. The van der Waals surface area contributed by atoms with Gasteiger partial charge < -0.3 is 15.4 Å².